The third kappa shape index (κ3) is 4.67. The average molecular weight is 409 g/mol. The van der Waals surface area contributed by atoms with Crippen molar-refractivity contribution < 1.29 is 8.42 Å². The van der Waals surface area contributed by atoms with E-state index in [0.717, 1.165) is 30.8 Å². The summed E-state index contributed by atoms with van der Waals surface area (Å²) >= 11 is 5.61. The van der Waals surface area contributed by atoms with Crippen LogP contribution in [-0.4, -0.2) is 51.8 Å². The number of hydrogen-bond acceptors (Lipinski definition) is 5. The van der Waals surface area contributed by atoms with Crippen LogP contribution in [0, 0.1) is 11.7 Å². The molecule has 2 heterocycles. The number of sulfone groups is 1. The average Bonchev–Trinajstić information content (AvgIpc) is 3.13. The molecule has 0 amide bonds. The molecule has 1 aliphatic rings. The minimum absolute atomic E-state index is 0.0493. The highest BCUT2D eigenvalue weighted by atomic mass is 32.2. The molecule has 1 aromatic carbocycles. The lowest BCUT2D eigenvalue weighted by Gasteiger charge is -2.27. The van der Waals surface area contributed by atoms with Crippen LogP contribution in [0.2, 0.25) is 0 Å². The second kappa shape index (κ2) is 8.24. The highest BCUT2D eigenvalue weighted by Gasteiger charge is 2.32. The first-order valence-corrected chi connectivity index (χ1v) is 11.7. The predicted molar refractivity (Wildman–Crippen MR) is 111 cm³/mol. The van der Waals surface area contributed by atoms with Crippen molar-refractivity contribution in [2.24, 2.45) is 7.05 Å². The lowest BCUT2D eigenvalue weighted by molar-refractivity contribution is 0.152. The normalized spacial score (nSPS) is 19.0. The van der Waals surface area contributed by atoms with Gasteiger partial charge >= 0.3 is 0 Å². The van der Waals surface area contributed by atoms with Gasteiger partial charge in [-0.05, 0) is 32.0 Å². The van der Waals surface area contributed by atoms with Crippen molar-refractivity contribution >= 4 is 22.1 Å². The Hall–Kier alpha value is -1.51. The van der Waals surface area contributed by atoms with Crippen molar-refractivity contribution in [3.8, 4) is 11.4 Å². The van der Waals surface area contributed by atoms with E-state index in [4.69, 9.17) is 17.3 Å². The SMILES string of the molecule is CCCCN(Cn1nc(-c2ccc(C)cc2)n(C)c1=S)[C@H]1CCS(=O)(=O)C1. The molecule has 1 aliphatic heterocycles. The highest BCUT2D eigenvalue weighted by Crippen LogP contribution is 2.21. The predicted octanol–water partition coefficient (Wildman–Crippen LogP) is 3.17. The van der Waals surface area contributed by atoms with E-state index < -0.39 is 9.84 Å². The molecule has 0 saturated carbocycles. The van der Waals surface area contributed by atoms with Gasteiger partial charge in [0, 0.05) is 25.2 Å². The van der Waals surface area contributed by atoms with Crippen LogP contribution >= 0.6 is 12.2 Å². The maximum Gasteiger partial charge on any atom is 0.199 e. The van der Waals surface area contributed by atoms with Crippen LogP contribution in [0.4, 0.5) is 0 Å². The van der Waals surface area contributed by atoms with Crippen LogP contribution in [0.15, 0.2) is 24.3 Å². The van der Waals surface area contributed by atoms with E-state index in [0.29, 0.717) is 17.9 Å². The summed E-state index contributed by atoms with van der Waals surface area (Å²) in [5, 5.41) is 4.75. The summed E-state index contributed by atoms with van der Waals surface area (Å²) in [4.78, 5) is 2.23. The van der Waals surface area contributed by atoms with Crippen LogP contribution in [0.25, 0.3) is 11.4 Å². The molecule has 8 heteroatoms. The molecule has 2 aromatic rings. The minimum Gasteiger partial charge on any atom is -0.303 e. The first-order valence-electron chi connectivity index (χ1n) is 9.46. The zero-order valence-electron chi connectivity index (χ0n) is 16.3. The molecule has 3 rings (SSSR count). The molecule has 0 bridgehead atoms. The molecular formula is C19H28N4O2S2. The van der Waals surface area contributed by atoms with Gasteiger partial charge in [-0.25, -0.2) is 13.1 Å². The quantitative estimate of drug-likeness (QED) is 0.659. The fourth-order valence-electron chi connectivity index (χ4n) is 3.50. The van der Waals surface area contributed by atoms with E-state index >= 15 is 0 Å². The monoisotopic (exact) mass is 408 g/mol. The van der Waals surface area contributed by atoms with Gasteiger partial charge in [-0.2, -0.15) is 5.10 Å². The minimum atomic E-state index is -2.92. The second-order valence-electron chi connectivity index (χ2n) is 7.39. The van der Waals surface area contributed by atoms with E-state index in [1.54, 1.807) is 0 Å². The molecule has 0 spiro atoms. The Bertz CT molecular complexity index is 945. The van der Waals surface area contributed by atoms with Crippen molar-refractivity contribution in [2.75, 3.05) is 18.1 Å². The highest BCUT2D eigenvalue weighted by molar-refractivity contribution is 7.91. The largest absolute Gasteiger partial charge is 0.303 e. The Morgan fingerprint density at radius 1 is 1.30 bits per heavy atom. The summed E-state index contributed by atoms with van der Waals surface area (Å²) in [5.74, 6) is 1.35. The van der Waals surface area contributed by atoms with Crippen molar-refractivity contribution in [2.45, 2.75) is 45.8 Å². The van der Waals surface area contributed by atoms with Gasteiger partial charge in [-0.1, -0.05) is 43.2 Å². The molecular weight excluding hydrogens is 380 g/mol. The van der Waals surface area contributed by atoms with Crippen LogP contribution in [0.1, 0.15) is 31.7 Å². The van der Waals surface area contributed by atoms with E-state index in [1.165, 1.54) is 5.56 Å². The van der Waals surface area contributed by atoms with Gasteiger partial charge in [0.1, 0.15) is 0 Å². The van der Waals surface area contributed by atoms with Gasteiger partial charge in [0.15, 0.2) is 20.4 Å². The lowest BCUT2D eigenvalue weighted by atomic mass is 10.1. The number of aromatic nitrogens is 3. The molecule has 27 heavy (non-hydrogen) atoms. The molecule has 148 valence electrons. The summed E-state index contributed by atoms with van der Waals surface area (Å²) in [6.45, 7) is 5.58. The third-order valence-corrected chi connectivity index (χ3v) is 7.42. The maximum absolute atomic E-state index is 11.9. The molecule has 0 unspecified atom stereocenters. The summed E-state index contributed by atoms with van der Waals surface area (Å²) in [6, 6.07) is 8.28. The summed E-state index contributed by atoms with van der Waals surface area (Å²) in [5.41, 5.74) is 2.23. The topological polar surface area (TPSA) is 60.1 Å². The van der Waals surface area contributed by atoms with E-state index in [-0.39, 0.29) is 17.5 Å². The number of nitrogens with zero attached hydrogens (tertiary/aromatic N) is 4. The molecule has 1 atom stereocenters. The van der Waals surface area contributed by atoms with Crippen molar-refractivity contribution in [1.82, 2.24) is 19.2 Å². The number of hydrogen-bond donors (Lipinski definition) is 0. The fourth-order valence-corrected chi connectivity index (χ4v) is 5.45. The number of rotatable bonds is 7. The van der Waals surface area contributed by atoms with Crippen LogP contribution in [-0.2, 0) is 23.6 Å². The summed E-state index contributed by atoms with van der Waals surface area (Å²) < 4.78 is 28.3. The van der Waals surface area contributed by atoms with Gasteiger partial charge in [-0.15, -0.1) is 0 Å². The number of aryl methyl sites for hydroxylation is 1. The van der Waals surface area contributed by atoms with Crippen molar-refractivity contribution in [3.05, 3.63) is 34.6 Å². The Labute approximate surface area is 166 Å². The fraction of sp³-hybridized carbons (Fsp3) is 0.579. The van der Waals surface area contributed by atoms with Gasteiger partial charge in [0.2, 0.25) is 0 Å². The van der Waals surface area contributed by atoms with Gasteiger partial charge in [0.05, 0.1) is 18.2 Å². The zero-order chi connectivity index (χ0) is 19.6. The molecule has 6 nitrogen and oxygen atoms in total. The standard InChI is InChI=1S/C19H28N4O2S2/c1-4-5-11-22(17-10-12-27(24,25)13-17)14-23-19(26)21(3)18(20-23)16-8-6-15(2)7-9-16/h6-9,17H,4-5,10-14H2,1-3H3/t17-/m0/s1. The molecule has 1 saturated heterocycles. The summed E-state index contributed by atoms with van der Waals surface area (Å²) in [7, 11) is -0.993. The Kier molecular flexibility index (Phi) is 6.18. The molecule has 0 radical (unpaired) electrons. The van der Waals surface area contributed by atoms with Crippen LogP contribution in [0.5, 0.6) is 0 Å². The maximum atomic E-state index is 11.9. The summed E-state index contributed by atoms with van der Waals surface area (Å²) in [6.07, 6.45) is 2.79. The first kappa shape index (κ1) is 20.2. The molecule has 1 aromatic heterocycles. The smallest absolute Gasteiger partial charge is 0.199 e. The Balaban J connectivity index is 1.86. The van der Waals surface area contributed by atoms with E-state index in [9.17, 15) is 8.42 Å². The molecule has 0 N–H and O–H groups in total. The zero-order valence-corrected chi connectivity index (χ0v) is 17.9. The van der Waals surface area contributed by atoms with Gasteiger partial charge in [0.25, 0.3) is 0 Å². The van der Waals surface area contributed by atoms with Crippen LogP contribution < -0.4 is 0 Å². The van der Waals surface area contributed by atoms with E-state index in [1.807, 2.05) is 16.3 Å². The van der Waals surface area contributed by atoms with Gasteiger partial charge in [-0.3, -0.25) is 4.90 Å². The number of benzene rings is 1. The lowest BCUT2D eigenvalue weighted by Crippen LogP contribution is -2.38. The van der Waals surface area contributed by atoms with Gasteiger partial charge < -0.3 is 4.57 Å². The van der Waals surface area contributed by atoms with E-state index in [2.05, 4.69) is 43.0 Å². The van der Waals surface area contributed by atoms with Crippen molar-refractivity contribution in [3.63, 3.8) is 0 Å². The Morgan fingerprint density at radius 2 is 2.00 bits per heavy atom. The first-order chi connectivity index (χ1) is 12.8. The van der Waals surface area contributed by atoms with Crippen LogP contribution in [0.3, 0.4) is 0 Å². The molecule has 0 aliphatic carbocycles. The number of unbranched alkanes of at least 4 members (excludes halogenated alkanes) is 1. The third-order valence-electron chi connectivity index (χ3n) is 5.19. The second-order valence-corrected chi connectivity index (χ2v) is 9.99. The Morgan fingerprint density at radius 3 is 2.59 bits per heavy atom. The van der Waals surface area contributed by atoms with Crippen molar-refractivity contribution in [1.29, 1.82) is 0 Å². The molecule has 1 fully saturated rings.